The van der Waals surface area contributed by atoms with E-state index in [-0.39, 0.29) is 23.7 Å². The topological polar surface area (TPSA) is 91.2 Å². The summed E-state index contributed by atoms with van der Waals surface area (Å²) in [6.07, 6.45) is -3.15. The molecule has 0 spiro atoms. The van der Waals surface area contributed by atoms with Crippen LogP contribution < -0.4 is 10.2 Å². The number of carbonyl (C=O) groups excluding carboxylic acids is 1. The number of nitrogens with one attached hydrogen (secondary N) is 1. The van der Waals surface area contributed by atoms with Gasteiger partial charge < -0.3 is 14.9 Å². The van der Waals surface area contributed by atoms with Crippen molar-refractivity contribution in [2.24, 2.45) is 5.10 Å². The molecule has 0 aliphatic heterocycles. The minimum atomic E-state index is -4.45. The normalized spacial score (nSPS) is 11.5. The SMILES string of the molecule is O=C(N/N=C\c1cc(Br)ccc1OCc1cccc(C(F)(F)F)c1)c1cc(O)cc(O)c1. The van der Waals surface area contributed by atoms with E-state index in [9.17, 15) is 28.2 Å². The minimum absolute atomic E-state index is 0.00471. The zero-order valence-corrected chi connectivity index (χ0v) is 17.8. The molecule has 3 aromatic carbocycles. The standard InChI is InChI=1S/C22H16BrF3N2O4/c23-17-4-5-20(32-12-13-2-1-3-16(6-13)22(24,25)26)15(7-17)11-27-28-21(31)14-8-18(29)10-19(30)9-14/h1-11,29-30H,12H2,(H,28,31)/b27-11-. The molecule has 0 saturated heterocycles. The lowest BCUT2D eigenvalue weighted by molar-refractivity contribution is -0.137. The molecule has 6 nitrogen and oxygen atoms in total. The van der Waals surface area contributed by atoms with Crippen LogP contribution in [0.3, 0.4) is 0 Å². The van der Waals surface area contributed by atoms with Crippen molar-refractivity contribution in [3.63, 3.8) is 0 Å². The average Bonchev–Trinajstić information content (AvgIpc) is 2.72. The van der Waals surface area contributed by atoms with Gasteiger partial charge in [0.1, 0.15) is 23.9 Å². The zero-order valence-electron chi connectivity index (χ0n) is 16.2. The third kappa shape index (κ3) is 6.24. The van der Waals surface area contributed by atoms with Gasteiger partial charge in [-0.25, -0.2) is 5.43 Å². The molecule has 3 aromatic rings. The largest absolute Gasteiger partial charge is 0.508 e. The van der Waals surface area contributed by atoms with Crippen molar-refractivity contribution in [1.29, 1.82) is 0 Å². The van der Waals surface area contributed by atoms with E-state index >= 15 is 0 Å². The van der Waals surface area contributed by atoms with E-state index in [0.717, 1.165) is 30.3 Å². The van der Waals surface area contributed by atoms with Gasteiger partial charge in [0, 0.05) is 21.7 Å². The number of hydrogen-bond donors (Lipinski definition) is 3. The molecule has 10 heteroatoms. The molecule has 3 rings (SSSR count). The predicted molar refractivity (Wildman–Crippen MR) is 115 cm³/mol. The van der Waals surface area contributed by atoms with Crippen LogP contribution in [0.1, 0.15) is 27.0 Å². The van der Waals surface area contributed by atoms with Crippen molar-refractivity contribution in [2.45, 2.75) is 12.8 Å². The summed E-state index contributed by atoms with van der Waals surface area (Å²) in [7, 11) is 0. The number of phenols is 2. The number of rotatable bonds is 6. The number of amides is 1. The molecule has 0 aliphatic rings. The number of hydrazone groups is 1. The van der Waals surface area contributed by atoms with Gasteiger partial charge in [-0.3, -0.25) is 4.79 Å². The Kier molecular flexibility index (Phi) is 7.04. The van der Waals surface area contributed by atoms with Gasteiger partial charge in [0.15, 0.2) is 0 Å². The van der Waals surface area contributed by atoms with Crippen molar-refractivity contribution in [1.82, 2.24) is 5.43 Å². The Morgan fingerprint density at radius 3 is 2.47 bits per heavy atom. The summed E-state index contributed by atoms with van der Waals surface area (Å²) < 4.78 is 45.0. The van der Waals surface area contributed by atoms with Gasteiger partial charge in [0.2, 0.25) is 0 Å². The summed E-state index contributed by atoms with van der Waals surface area (Å²) >= 11 is 3.31. The number of phenolic OH excluding ortho intramolecular Hbond substituents is 2. The van der Waals surface area contributed by atoms with Crippen LogP contribution in [0.5, 0.6) is 17.2 Å². The Labute approximate surface area is 189 Å². The third-order valence-electron chi connectivity index (χ3n) is 4.15. The van der Waals surface area contributed by atoms with Gasteiger partial charge in [-0.2, -0.15) is 18.3 Å². The number of aromatic hydroxyl groups is 2. The summed E-state index contributed by atoms with van der Waals surface area (Å²) in [5.74, 6) is -0.903. The van der Waals surface area contributed by atoms with E-state index in [1.165, 1.54) is 18.3 Å². The van der Waals surface area contributed by atoms with Gasteiger partial charge in [-0.1, -0.05) is 28.1 Å². The van der Waals surface area contributed by atoms with Crippen LogP contribution in [0.15, 0.2) is 70.2 Å². The molecule has 0 fully saturated rings. The lowest BCUT2D eigenvalue weighted by Crippen LogP contribution is -2.17. The molecule has 0 aromatic heterocycles. The maximum absolute atomic E-state index is 12.9. The first-order valence-corrected chi connectivity index (χ1v) is 9.86. The molecule has 32 heavy (non-hydrogen) atoms. The highest BCUT2D eigenvalue weighted by Gasteiger charge is 2.30. The molecular formula is C22H16BrF3N2O4. The van der Waals surface area contributed by atoms with Crippen LogP contribution in [-0.4, -0.2) is 22.3 Å². The Balaban J connectivity index is 1.72. The first-order chi connectivity index (χ1) is 15.1. The van der Waals surface area contributed by atoms with Gasteiger partial charge in [0.05, 0.1) is 11.8 Å². The number of halogens is 4. The monoisotopic (exact) mass is 508 g/mol. The number of nitrogens with zero attached hydrogens (tertiary/aromatic N) is 1. The maximum Gasteiger partial charge on any atom is 0.416 e. The van der Waals surface area contributed by atoms with E-state index in [1.807, 2.05) is 0 Å². The van der Waals surface area contributed by atoms with E-state index in [4.69, 9.17) is 4.74 Å². The van der Waals surface area contributed by atoms with Crippen LogP contribution in [0.4, 0.5) is 13.2 Å². The highest BCUT2D eigenvalue weighted by molar-refractivity contribution is 9.10. The van der Waals surface area contributed by atoms with Gasteiger partial charge in [-0.15, -0.1) is 0 Å². The Morgan fingerprint density at radius 2 is 1.78 bits per heavy atom. The molecule has 0 aliphatic carbocycles. The molecule has 1 amide bonds. The summed E-state index contributed by atoms with van der Waals surface area (Å²) in [4.78, 5) is 12.1. The second-order valence-electron chi connectivity index (χ2n) is 6.61. The highest BCUT2D eigenvalue weighted by atomic mass is 79.9. The van der Waals surface area contributed by atoms with E-state index < -0.39 is 17.6 Å². The van der Waals surface area contributed by atoms with Crippen molar-refractivity contribution < 1.29 is 32.9 Å². The molecule has 3 N–H and O–H groups in total. The maximum atomic E-state index is 12.9. The van der Waals surface area contributed by atoms with Crippen LogP contribution >= 0.6 is 15.9 Å². The first kappa shape index (κ1) is 23.1. The smallest absolute Gasteiger partial charge is 0.416 e. The van der Waals surface area contributed by atoms with E-state index in [2.05, 4.69) is 26.5 Å². The highest BCUT2D eigenvalue weighted by Crippen LogP contribution is 2.30. The summed E-state index contributed by atoms with van der Waals surface area (Å²) in [5, 5.41) is 22.8. The van der Waals surface area contributed by atoms with Crippen molar-refractivity contribution in [2.75, 3.05) is 0 Å². The average molecular weight is 509 g/mol. The number of alkyl halides is 3. The van der Waals surface area contributed by atoms with E-state index in [1.54, 1.807) is 18.2 Å². The summed E-state index contributed by atoms with van der Waals surface area (Å²) in [6.45, 7) is -0.110. The molecule has 166 valence electrons. The van der Waals surface area contributed by atoms with Crippen LogP contribution in [0.25, 0.3) is 0 Å². The fraction of sp³-hybridized carbons (Fsp3) is 0.0909. The van der Waals surface area contributed by atoms with Gasteiger partial charge in [-0.05, 0) is 48.0 Å². The number of ether oxygens (including phenoxy) is 1. The van der Waals surface area contributed by atoms with Gasteiger partial charge in [0.25, 0.3) is 5.91 Å². The number of carbonyl (C=O) groups is 1. The van der Waals surface area contributed by atoms with Crippen molar-refractivity contribution >= 4 is 28.1 Å². The van der Waals surface area contributed by atoms with Crippen LogP contribution in [0, 0.1) is 0 Å². The van der Waals surface area contributed by atoms with Crippen molar-refractivity contribution in [3.05, 3.63) is 87.4 Å². The Morgan fingerprint density at radius 1 is 1.06 bits per heavy atom. The predicted octanol–water partition coefficient (Wildman–Crippen LogP) is 5.22. The summed E-state index contributed by atoms with van der Waals surface area (Å²) in [5.41, 5.74) is 2.27. The fourth-order valence-electron chi connectivity index (χ4n) is 2.70. The fourth-order valence-corrected chi connectivity index (χ4v) is 3.08. The molecule has 0 radical (unpaired) electrons. The lowest BCUT2D eigenvalue weighted by atomic mass is 10.1. The quantitative estimate of drug-likeness (QED) is 0.314. The molecule has 0 heterocycles. The van der Waals surface area contributed by atoms with E-state index in [0.29, 0.717) is 21.3 Å². The minimum Gasteiger partial charge on any atom is -0.508 e. The third-order valence-corrected chi connectivity index (χ3v) is 4.65. The first-order valence-electron chi connectivity index (χ1n) is 9.07. The van der Waals surface area contributed by atoms with Crippen LogP contribution in [0.2, 0.25) is 0 Å². The lowest BCUT2D eigenvalue weighted by Gasteiger charge is -2.12. The Bertz CT molecular complexity index is 1150. The second kappa shape index (κ2) is 9.73. The van der Waals surface area contributed by atoms with Crippen molar-refractivity contribution in [3.8, 4) is 17.2 Å². The second-order valence-corrected chi connectivity index (χ2v) is 7.52. The molecule has 0 atom stereocenters. The molecular weight excluding hydrogens is 493 g/mol. The molecule has 0 unspecified atom stereocenters. The summed E-state index contributed by atoms with van der Waals surface area (Å²) in [6, 6.07) is 13.2. The molecule has 0 saturated carbocycles. The molecule has 0 bridgehead atoms. The van der Waals surface area contributed by atoms with Gasteiger partial charge >= 0.3 is 6.18 Å². The Hall–Kier alpha value is -3.53. The van der Waals surface area contributed by atoms with Crippen LogP contribution in [-0.2, 0) is 12.8 Å². The zero-order chi connectivity index (χ0) is 23.3. The number of benzene rings is 3. The number of hydrogen-bond acceptors (Lipinski definition) is 5.